The first-order valence-corrected chi connectivity index (χ1v) is 11.1. The summed E-state index contributed by atoms with van der Waals surface area (Å²) in [5.74, 6) is 2.14. The van der Waals surface area contributed by atoms with Crippen LogP contribution in [0.5, 0.6) is 0 Å². The summed E-state index contributed by atoms with van der Waals surface area (Å²) in [5.41, 5.74) is 0. The predicted octanol–water partition coefficient (Wildman–Crippen LogP) is 2.93. The molecule has 0 aromatic carbocycles. The molecule has 2 heterocycles. The number of hydrogen-bond donors (Lipinski definition) is 2. The van der Waals surface area contributed by atoms with E-state index in [1.54, 1.807) is 0 Å². The lowest BCUT2D eigenvalue weighted by Crippen LogP contribution is -2.45. The number of aliphatic imine (C=N–C) groups is 1. The van der Waals surface area contributed by atoms with Crippen molar-refractivity contribution in [3.05, 3.63) is 0 Å². The Morgan fingerprint density at radius 1 is 1.14 bits per heavy atom. The first-order valence-electron chi connectivity index (χ1n) is 11.1. The number of guanidine groups is 1. The van der Waals surface area contributed by atoms with Crippen LogP contribution >= 0.6 is 24.0 Å². The molecule has 2 saturated heterocycles. The number of piperidine rings is 1. The second-order valence-electron chi connectivity index (χ2n) is 8.56. The number of rotatable bonds is 8. The molecule has 0 radical (unpaired) electrons. The number of amides is 1. The number of carbonyl (C=O) groups excluding carboxylic acids is 1. The van der Waals surface area contributed by atoms with Crippen molar-refractivity contribution in [2.24, 2.45) is 16.8 Å². The summed E-state index contributed by atoms with van der Waals surface area (Å²) in [6.45, 7) is 15.5. The van der Waals surface area contributed by atoms with Gasteiger partial charge in [-0.1, -0.05) is 20.8 Å². The van der Waals surface area contributed by atoms with Crippen LogP contribution < -0.4 is 10.6 Å². The highest BCUT2D eigenvalue weighted by Gasteiger charge is 2.27. The third-order valence-electron chi connectivity index (χ3n) is 5.71. The highest BCUT2D eigenvalue weighted by molar-refractivity contribution is 14.0. The van der Waals surface area contributed by atoms with Crippen molar-refractivity contribution in [2.45, 2.75) is 65.8 Å². The van der Waals surface area contributed by atoms with Crippen LogP contribution in [0.2, 0.25) is 0 Å². The quantitative estimate of drug-likeness (QED) is 0.230. The highest BCUT2D eigenvalue weighted by atomic mass is 127. The zero-order valence-electron chi connectivity index (χ0n) is 18.4. The normalized spacial score (nSPS) is 21.7. The lowest BCUT2D eigenvalue weighted by molar-refractivity contribution is -0.133. The number of nitrogens with one attached hydrogen (secondary N) is 2. The zero-order chi connectivity index (χ0) is 19.6. The van der Waals surface area contributed by atoms with Crippen LogP contribution in [0.25, 0.3) is 0 Å². The number of hydrogen-bond acceptors (Lipinski definition) is 3. The molecule has 28 heavy (non-hydrogen) atoms. The van der Waals surface area contributed by atoms with Crippen molar-refractivity contribution in [3.8, 4) is 0 Å². The molecular weight excluding hydrogens is 465 g/mol. The Morgan fingerprint density at radius 3 is 2.50 bits per heavy atom. The Labute approximate surface area is 189 Å². The zero-order valence-corrected chi connectivity index (χ0v) is 20.7. The van der Waals surface area contributed by atoms with E-state index in [0.717, 1.165) is 50.9 Å². The minimum atomic E-state index is 0. The molecule has 2 aliphatic rings. The van der Waals surface area contributed by atoms with E-state index in [1.165, 1.54) is 38.9 Å². The Morgan fingerprint density at radius 2 is 1.86 bits per heavy atom. The molecule has 1 unspecified atom stereocenters. The van der Waals surface area contributed by atoms with Crippen LogP contribution in [0.3, 0.4) is 0 Å². The van der Waals surface area contributed by atoms with Crippen LogP contribution in [0.1, 0.15) is 59.8 Å². The molecule has 7 heteroatoms. The molecule has 0 bridgehead atoms. The minimum absolute atomic E-state index is 0. The second kappa shape index (κ2) is 13.6. The van der Waals surface area contributed by atoms with E-state index in [4.69, 9.17) is 4.99 Å². The Kier molecular flexibility index (Phi) is 12.4. The van der Waals surface area contributed by atoms with Crippen LogP contribution in [-0.2, 0) is 4.79 Å². The van der Waals surface area contributed by atoms with E-state index in [2.05, 4.69) is 29.4 Å². The maximum absolute atomic E-state index is 12.1. The number of carbonyl (C=O) groups is 1. The third kappa shape index (κ3) is 8.84. The van der Waals surface area contributed by atoms with Crippen molar-refractivity contribution >= 4 is 35.8 Å². The number of halogens is 1. The van der Waals surface area contributed by atoms with E-state index in [9.17, 15) is 4.79 Å². The van der Waals surface area contributed by atoms with Crippen LogP contribution in [0, 0.1) is 11.8 Å². The predicted molar refractivity (Wildman–Crippen MR) is 128 cm³/mol. The fourth-order valence-electron chi connectivity index (χ4n) is 3.88. The molecule has 6 nitrogen and oxygen atoms in total. The van der Waals surface area contributed by atoms with Gasteiger partial charge in [0, 0.05) is 38.1 Å². The summed E-state index contributed by atoms with van der Waals surface area (Å²) in [7, 11) is 0. The molecule has 164 valence electrons. The lowest BCUT2D eigenvalue weighted by Gasteiger charge is -2.30. The Hall–Kier alpha value is -0.570. The topological polar surface area (TPSA) is 60.0 Å². The van der Waals surface area contributed by atoms with Gasteiger partial charge in [0.05, 0.1) is 0 Å². The van der Waals surface area contributed by atoms with Gasteiger partial charge in [0.1, 0.15) is 0 Å². The van der Waals surface area contributed by atoms with Gasteiger partial charge in [-0.25, -0.2) is 0 Å². The summed E-state index contributed by atoms with van der Waals surface area (Å²) in [6.07, 6.45) is 6.05. The molecule has 2 rings (SSSR count). The average molecular weight is 508 g/mol. The largest absolute Gasteiger partial charge is 0.357 e. The number of unbranched alkanes of at least 4 members (excludes halogenated alkanes) is 1. The van der Waals surface area contributed by atoms with Gasteiger partial charge < -0.3 is 20.4 Å². The molecule has 2 fully saturated rings. The van der Waals surface area contributed by atoms with Gasteiger partial charge in [-0.3, -0.25) is 9.79 Å². The van der Waals surface area contributed by atoms with Crippen molar-refractivity contribution in [1.82, 2.24) is 20.4 Å². The Balaban J connectivity index is 0.00000392. The summed E-state index contributed by atoms with van der Waals surface area (Å²) in [5, 5.41) is 6.87. The molecule has 0 saturated carbocycles. The van der Waals surface area contributed by atoms with Gasteiger partial charge in [0.25, 0.3) is 0 Å². The van der Waals surface area contributed by atoms with E-state index in [1.807, 2.05) is 18.7 Å². The van der Waals surface area contributed by atoms with Crippen LogP contribution in [-0.4, -0.2) is 73.5 Å². The first-order chi connectivity index (χ1) is 13.0. The molecule has 0 spiro atoms. The van der Waals surface area contributed by atoms with Crippen molar-refractivity contribution in [1.29, 1.82) is 0 Å². The first kappa shape index (κ1) is 25.5. The van der Waals surface area contributed by atoms with Gasteiger partial charge >= 0.3 is 0 Å². The molecule has 2 aliphatic heterocycles. The molecule has 1 amide bonds. The van der Waals surface area contributed by atoms with Gasteiger partial charge in [0.15, 0.2) is 5.96 Å². The van der Waals surface area contributed by atoms with E-state index in [-0.39, 0.29) is 35.8 Å². The SMILES string of the molecule is CCNC(=NCCCCN1CCC(C)CC1)NC1CCN(C(=O)C(C)C)C1.I. The third-order valence-corrected chi connectivity index (χ3v) is 5.71. The van der Waals surface area contributed by atoms with Crippen LogP contribution in [0.4, 0.5) is 0 Å². The fourth-order valence-corrected chi connectivity index (χ4v) is 3.88. The van der Waals surface area contributed by atoms with Crippen molar-refractivity contribution < 1.29 is 4.79 Å². The van der Waals surface area contributed by atoms with Crippen molar-refractivity contribution in [3.63, 3.8) is 0 Å². The maximum atomic E-state index is 12.1. The molecule has 0 aliphatic carbocycles. The molecule has 1 atom stereocenters. The average Bonchev–Trinajstić information content (AvgIpc) is 3.10. The van der Waals surface area contributed by atoms with E-state index >= 15 is 0 Å². The number of likely N-dealkylation sites (tertiary alicyclic amines) is 2. The summed E-state index contributed by atoms with van der Waals surface area (Å²) in [6, 6.07) is 0.306. The fraction of sp³-hybridized carbons (Fsp3) is 0.905. The summed E-state index contributed by atoms with van der Waals surface area (Å²) in [4.78, 5) is 21.5. The summed E-state index contributed by atoms with van der Waals surface area (Å²) >= 11 is 0. The molecule has 0 aromatic rings. The smallest absolute Gasteiger partial charge is 0.225 e. The lowest BCUT2D eigenvalue weighted by atomic mass is 9.99. The molecule has 2 N–H and O–H groups in total. The molecule has 0 aromatic heterocycles. The highest BCUT2D eigenvalue weighted by Crippen LogP contribution is 2.16. The van der Waals surface area contributed by atoms with E-state index in [0.29, 0.717) is 6.04 Å². The monoisotopic (exact) mass is 507 g/mol. The standard InChI is InChI=1S/C21H41N5O.HI/c1-5-22-21(24-19-10-15-26(16-19)20(27)17(2)3)23-11-6-7-12-25-13-8-18(4)9-14-25;/h17-19H,5-16H2,1-4H3,(H2,22,23,24);1H. The second-order valence-corrected chi connectivity index (χ2v) is 8.56. The summed E-state index contributed by atoms with van der Waals surface area (Å²) < 4.78 is 0. The molecular formula is C21H42IN5O. The van der Waals surface area contributed by atoms with E-state index < -0.39 is 0 Å². The maximum Gasteiger partial charge on any atom is 0.225 e. The van der Waals surface area contributed by atoms with Crippen molar-refractivity contribution in [2.75, 3.05) is 45.8 Å². The number of nitrogens with zero attached hydrogens (tertiary/aromatic N) is 3. The van der Waals surface area contributed by atoms with Gasteiger partial charge in [0.2, 0.25) is 5.91 Å². The minimum Gasteiger partial charge on any atom is -0.357 e. The van der Waals surface area contributed by atoms with Crippen LogP contribution in [0.15, 0.2) is 4.99 Å². The van der Waals surface area contributed by atoms with Gasteiger partial charge in [-0.05, 0) is 64.6 Å². The van der Waals surface area contributed by atoms with Gasteiger partial charge in [-0.15, -0.1) is 24.0 Å². The van der Waals surface area contributed by atoms with Gasteiger partial charge in [-0.2, -0.15) is 0 Å². The Bertz CT molecular complexity index is 477.